The van der Waals surface area contributed by atoms with Gasteiger partial charge in [-0.3, -0.25) is 0 Å². The van der Waals surface area contributed by atoms with E-state index >= 15 is 0 Å². The van der Waals surface area contributed by atoms with Gasteiger partial charge in [-0.1, -0.05) is 35.3 Å². The molecule has 0 aliphatic carbocycles. The molecule has 0 atom stereocenters. The van der Waals surface area contributed by atoms with Crippen LogP contribution in [0.3, 0.4) is 0 Å². The van der Waals surface area contributed by atoms with E-state index in [9.17, 15) is 8.78 Å². The Hall–Kier alpha value is -1.52. The third-order valence-corrected chi connectivity index (χ3v) is 2.94. The minimum absolute atomic E-state index is 0.0932. The second-order valence-corrected chi connectivity index (χ2v) is 4.88. The van der Waals surface area contributed by atoms with Crippen molar-refractivity contribution < 1.29 is 13.5 Å². The zero-order valence-corrected chi connectivity index (χ0v) is 11.8. The Kier molecular flexibility index (Phi) is 5.04. The largest absolute Gasteiger partial charge is 0.433 e. The summed E-state index contributed by atoms with van der Waals surface area (Å²) in [6.07, 6.45) is 0. The number of para-hydroxylation sites is 2. The molecule has 0 fully saturated rings. The van der Waals surface area contributed by atoms with Crippen molar-refractivity contribution in [2.75, 3.05) is 5.32 Å². The first-order chi connectivity index (χ1) is 9.54. The van der Waals surface area contributed by atoms with Gasteiger partial charge in [0.05, 0.1) is 5.69 Å². The number of halogens is 4. The number of ether oxygens (including phenoxy) is 1. The Morgan fingerprint density at radius 3 is 2.35 bits per heavy atom. The predicted octanol–water partition coefficient (Wildman–Crippen LogP) is 5.21. The van der Waals surface area contributed by atoms with E-state index in [1.165, 1.54) is 6.07 Å². The molecule has 0 aliphatic rings. The molecule has 0 aromatic heterocycles. The Morgan fingerprint density at radius 2 is 1.70 bits per heavy atom. The van der Waals surface area contributed by atoms with E-state index in [-0.39, 0.29) is 5.75 Å². The highest BCUT2D eigenvalue weighted by molar-refractivity contribution is 6.34. The Morgan fingerprint density at radius 1 is 1.05 bits per heavy atom. The summed E-state index contributed by atoms with van der Waals surface area (Å²) < 4.78 is 29.0. The van der Waals surface area contributed by atoms with E-state index in [1.54, 1.807) is 36.4 Å². The Labute approximate surface area is 125 Å². The maximum absolute atomic E-state index is 12.3. The van der Waals surface area contributed by atoms with Crippen molar-refractivity contribution >= 4 is 28.9 Å². The van der Waals surface area contributed by atoms with Crippen molar-refractivity contribution in [1.82, 2.24) is 0 Å². The molecular formula is C14H11Cl2F2NO. The van der Waals surface area contributed by atoms with Gasteiger partial charge in [0.25, 0.3) is 0 Å². The lowest BCUT2D eigenvalue weighted by Gasteiger charge is -2.12. The van der Waals surface area contributed by atoms with Gasteiger partial charge in [0.1, 0.15) is 5.75 Å². The maximum Gasteiger partial charge on any atom is 0.387 e. The fourth-order valence-corrected chi connectivity index (χ4v) is 2.29. The molecule has 0 aliphatic heterocycles. The third-order valence-electron chi connectivity index (χ3n) is 2.51. The van der Waals surface area contributed by atoms with Crippen LogP contribution in [0.4, 0.5) is 14.5 Å². The molecule has 1 N–H and O–H groups in total. The van der Waals surface area contributed by atoms with Crippen molar-refractivity contribution in [3.63, 3.8) is 0 Å². The molecule has 0 unspecified atom stereocenters. The number of nitrogens with one attached hydrogen (secondary N) is 1. The third kappa shape index (κ3) is 4.25. The lowest BCUT2D eigenvalue weighted by molar-refractivity contribution is -0.0493. The number of hydrogen-bond acceptors (Lipinski definition) is 2. The number of rotatable bonds is 5. The summed E-state index contributed by atoms with van der Waals surface area (Å²) in [6, 6.07) is 11.6. The van der Waals surface area contributed by atoms with Crippen LogP contribution in [0.25, 0.3) is 0 Å². The van der Waals surface area contributed by atoms with Crippen LogP contribution < -0.4 is 10.1 Å². The second-order valence-electron chi connectivity index (χ2n) is 4.01. The van der Waals surface area contributed by atoms with Crippen LogP contribution >= 0.6 is 23.2 Å². The lowest BCUT2D eigenvalue weighted by Crippen LogP contribution is -2.06. The summed E-state index contributed by atoms with van der Waals surface area (Å²) in [5, 5.41) is 4.05. The first-order valence-corrected chi connectivity index (χ1v) is 6.53. The van der Waals surface area contributed by atoms with Crippen LogP contribution in [0.15, 0.2) is 42.5 Å². The van der Waals surface area contributed by atoms with Crippen molar-refractivity contribution in [3.05, 3.63) is 58.1 Å². The van der Waals surface area contributed by atoms with E-state index in [1.807, 2.05) is 0 Å². The molecule has 0 radical (unpaired) electrons. The summed E-state index contributed by atoms with van der Waals surface area (Å²) in [6.45, 7) is -2.47. The van der Waals surface area contributed by atoms with Crippen molar-refractivity contribution in [2.45, 2.75) is 13.2 Å². The van der Waals surface area contributed by atoms with Gasteiger partial charge < -0.3 is 10.1 Å². The first-order valence-electron chi connectivity index (χ1n) is 5.77. The monoisotopic (exact) mass is 317 g/mol. The van der Waals surface area contributed by atoms with Gasteiger partial charge in [0.2, 0.25) is 0 Å². The molecule has 0 heterocycles. The van der Waals surface area contributed by atoms with E-state index in [2.05, 4.69) is 10.1 Å². The quantitative estimate of drug-likeness (QED) is 0.817. The second kappa shape index (κ2) is 6.77. The topological polar surface area (TPSA) is 21.3 Å². The van der Waals surface area contributed by atoms with Gasteiger partial charge in [-0.2, -0.15) is 8.78 Å². The summed E-state index contributed by atoms with van der Waals surface area (Å²) in [5.41, 5.74) is 1.32. The standard InChI is InChI=1S/C14H11Cl2F2NO/c15-10-5-9(6-11(16)7-10)8-19-12-3-1-2-4-13(12)20-14(17)18/h1-7,14,19H,8H2. The molecule has 0 bridgehead atoms. The minimum Gasteiger partial charge on any atom is -0.433 e. The number of benzene rings is 2. The normalized spacial score (nSPS) is 10.7. The molecule has 0 amide bonds. The van der Waals surface area contributed by atoms with Gasteiger partial charge in [-0.15, -0.1) is 0 Å². The molecule has 2 nitrogen and oxygen atoms in total. The predicted molar refractivity (Wildman–Crippen MR) is 76.9 cm³/mol. The number of hydrogen-bond donors (Lipinski definition) is 1. The van der Waals surface area contributed by atoms with Gasteiger partial charge >= 0.3 is 6.61 Å². The highest BCUT2D eigenvalue weighted by Crippen LogP contribution is 2.26. The Bertz CT molecular complexity index is 573. The van der Waals surface area contributed by atoms with Crippen LogP contribution in [0.1, 0.15) is 5.56 Å². The molecule has 0 saturated carbocycles. The molecule has 20 heavy (non-hydrogen) atoms. The smallest absolute Gasteiger partial charge is 0.387 e. The highest BCUT2D eigenvalue weighted by Gasteiger charge is 2.08. The number of anilines is 1. The van der Waals surface area contributed by atoms with Gasteiger partial charge in [-0.05, 0) is 35.9 Å². The molecule has 6 heteroatoms. The lowest BCUT2D eigenvalue weighted by atomic mass is 10.2. The minimum atomic E-state index is -2.86. The summed E-state index contributed by atoms with van der Waals surface area (Å²) in [5.74, 6) is 0.0932. The molecular weight excluding hydrogens is 307 g/mol. The molecule has 0 saturated heterocycles. The van der Waals surface area contributed by atoms with Crippen LogP contribution in [-0.2, 0) is 6.54 Å². The number of alkyl halides is 2. The van der Waals surface area contributed by atoms with Crippen LogP contribution in [0.2, 0.25) is 10.0 Å². The van der Waals surface area contributed by atoms with Crippen LogP contribution in [0.5, 0.6) is 5.75 Å². The maximum atomic E-state index is 12.3. The van der Waals surface area contributed by atoms with Crippen LogP contribution in [-0.4, -0.2) is 6.61 Å². The summed E-state index contributed by atoms with van der Waals surface area (Å²) >= 11 is 11.8. The van der Waals surface area contributed by atoms with E-state index in [0.29, 0.717) is 22.3 Å². The van der Waals surface area contributed by atoms with Crippen molar-refractivity contribution in [2.24, 2.45) is 0 Å². The van der Waals surface area contributed by atoms with E-state index < -0.39 is 6.61 Å². The summed E-state index contributed by atoms with van der Waals surface area (Å²) in [7, 11) is 0. The highest BCUT2D eigenvalue weighted by atomic mass is 35.5. The van der Waals surface area contributed by atoms with Crippen molar-refractivity contribution in [1.29, 1.82) is 0 Å². The fraction of sp³-hybridized carbons (Fsp3) is 0.143. The average molecular weight is 318 g/mol. The zero-order valence-electron chi connectivity index (χ0n) is 10.2. The molecule has 0 spiro atoms. The molecule has 2 aromatic carbocycles. The fourth-order valence-electron chi connectivity index (χ4n) is 1.72. The first kappa shape index (κ1) is 14.9. The van der Waals surface area contributed by atoms with Gasteiger partial charge in [0, 0.05) is 16.6 Å². The SMILES string of the molecule is FC(F)Oc1ccccc1NCc1cc(Cl)cc(Cl)c1. The van der Waals surface area contributed by atoms with E-state index in [0.717, 1.165) is 5.56 Å². The van der Waals surface area contributed by atoms with E-state index in [4.69, 9.17) is 23.2 Å². The van der Waals surface area contributed by atoms with Gasteiger partial charge in [0.15, 0.2) is 0 Å². The van der Waals surface area contributed by atoms with Gasteiger partial charge in [-0.25, -0.2) is 0 Å². The summed E-state index contributed by atoms with van der Waals surface area (Å²) in [4.78, 5) is 0. The molecule has 2 rings (SSSR count). The molecule has 106 valence electrons. The Balaban J connectivity index is 2.10. The zero-order chi connectivity index (χ0) is 14.5. The average Bonchev–Trinajstić information content (AvgIpc) is 2.36. The molecule has 2 aromatic rings. The van der Waals surface area contributed by atoms with Crippen molar-refractivity contribution in [3.8, 4) is 5.75 Å². The van der Waals surface area contributed by atoms with Crippen LogP contribution in [0, 0.1) is 0 Å².